The van der Waals surface area contributed by atoms with Crippen LogP contribution < -0.4 is 5.32 Å². The van der Waals surface area contributed by atoms with Crippen molar-refractivity contribution >= 4 is 16.8 Å². The highest BCUT2D eigenvalue weighted by Crippen LogP contribution is 2.40. The van der Waals surface area contributed by atoms with Gasteiger partial charge in [0.2, 0.25) is 0 Å². The summed E-state index contributed by atoms with van der Waals surface area (Å²) in [6.07, 6.45) is 2.46. The summed E-state index contributed by atoms with van der Waals surface area (Å²) in [5, 5.41) is 18.5. The van der Waals surface area contributed by atoms with Crippen LogP contribution in [0.3, 0.4) is 0 Å². The number of benzene rings is 3. The highest BCUT2D eigenvalue weighted by molar-refractivity contribution is 5.99. The number of H-pyrrole nitrogens is 2. The second-order valence-electron chi connectivity index (χ2n) is 8.08. The first-order chi connectivity index (χ1) is 15.8. The van der Waals surface area contributed by atoms with E-state index in [4.69, 9.17) is 0 Å². The Bertz CT molecular complexity index is 1410. The summed E-state index contributed by atoms with van der Waals surface area (Å²) in [5.41, 5.74) is 5.42. The first-order valence-corrected chi connectivity index (χ1v) is 10.6. The molecule has 0 bridgehead atoms. The van der Waals surface area contributed by atoms with E-state index < -0.39 is 0 Å². The monoisotopic (exact) mass is 420 g/mol. The largest absolute Gasteiger partial charge is 0.349 e. The van der Waals surface area contributed by atoms with Crippen molar-refractivity contribution in [3.05, 3.63) is 90.3 Å². The van der Waals surface area contributed by atoms with Gasteiger partial charge in [0.05, 0.1) is 11.2 Å². The molecule has 0 spiro atoms. The molecule has 1 amide bonds. The Labute approximate surface area is 183 Å². The maximum atomic E-state index is 12.9. The van der Waals surface area contributed by atoms with Gasteiger partial charge in [0, 0.05) is 34.0 Å². The molecule has 2 heterocycles. The van der Waals surface area contributed by atoms with Crippen LogP contribution in [0.15, 0.2) is 79.1 Å². The van der Waals surface area contributed by atoms with Gasteiger partial charge in [0.1, 0.15) is 6.33 Å². The van der Waals surface area contributed by atoms with E-state index in [0.29, 0.717) is 17.3 Å². The number of carbonyl (C=O) groups excluding carboxylic acids is 1. The van der Waals surface area contributed by atoms with Gasteiger partial charge in [-0.2, -0.15) is 10.2 Å². The molecule has 0 unspecified atom stereocenters. The summed E-state index contributed by atoms with van der Waals surface area (Å²) in [5.74, 6) is 1.04. The van der Waals surface area contributed by atoms with Crippen molar-refractivity contribution in [3.8, 4) is 22.6 Å². The predicted molar refractivity (Wildman–Crippen MR) is 122 cm³/mol. The fourth-order valence-corrected chi connectivity index (χ4v) is 4.21. The fourth-order valence-electron chi connectivity index (χ4n) is 4.21. The molecule has 7 nitrogen and oxygen atoms in total. The number of amides is 1. The number of hydrogen-bond donors (Lipinski definition) is 3. The van der Waals surface area contributed by atoms with E-state index in [0.717, 1.165) is 34.1 Å². The van der Waals surface area contributed by atoms with Crippen molar-refractivity contribution in [2.24, 2.45) is 0 Å². The molecule has 2 atom stereocenters. The molecule has 0 radical (unpaired) electrons. The van der Waals surface area contributed by atoms with Crippen molar-refractivity contribution in [2.75, 3.05) is 0 Å². The molecular formula is C25H20N6O. The number of carbonyl (C=O) groups is 1. The lowest BCUT2D eigenvalue weighted by atomic mass is 10.0. The average molecular weight is 420 g/mol. The molecular weight excluding hydrogens is 400 g/mol. The van der Waals surface area contributed by atoms with Gasteiger partial charge in [-0.25, -0.2) is 4.98 Å². The number of hydrogen-bond acceptors (Lipinski definition) is 4. The second-order valence-corrected chi connectivity index (χ2v) is 8.08. The minimum atomic E-state index is -0.0579. The minimum absolute atomic E-state index is 0.0579. The lowest BCUT2D eigenvalue weighted by Crippen LogP contribution is -2.26. The molecule has 1 aliphatic carbocycles. The highest BCUT2D eigenvalue weighted by Gasteiger charge is 2.39. The van der Waals surface area contributed by atoms with E-state index in [1.807, 2.05) is 60.7 Å². The van der Waals surface area contributed by atoms with Crippen molar-refractivity contribution in [1.29, 1.82) is 0 Å². The summed E-state index contributed by atoms with van der Waals surface area (Å²) >= 11 is 0. The van der Waals surface area contributed by atoms with Gasteiger partial charge in [0.25, 0.3) is 5.91 Å². The molecule has 2 aromatic heterocycles. The van der Waals surface area contributed by atoms with Crippen LogP contribution in [0.1, 0.15) is 28.3 Å². The molecule has 32 heavy (non-hydrogen) atoms. The first-order valence-electron chi connectivity index (χ1n) is 10.6. The average Bonchev–Trinajstić information content (AvgIpc) is 3.22. The molecule has 3 aromatic carbocycles. The number of rotatable bonds is 5. The van der Waals surface area contributed by atoms with E-state index >= 15 is 0 Å². The van der Waals surface area contributed by atoms with E-state index in [9.17, 15) is 4.79 Å². The van der Waals surface area contributed by atoms with Gasteiger partial charge in [-0.05, 0) is 42.3 Å². The lowest BCUT2D eigenvalue weighted by Gasteiger charge is -2.07. The van der Waals surface area contributed by atoms with Crippen LogP contribution in [0.2, 0.25) is 0 Å². The molecule has 1 aliphatic rings. The maximum Gasteiger partial charge on any atom is 0.251 e. The van der Waals surface area contributed by atoms with Gasteiger partial charge in [0.15, 0.2) is 5.82 Å². The van der Waals surface area contributed by atoms with Crippen LogP contribution in [0, 0.1) is 0 Å². The highest BCUT2D eigenvalue weighted by atomic mass is 16.1. The van der Waals surface area contributed by atoms with E-state index in [1.54, 1.807) is 0 Å². The number of fused-ring (bicyclic) bond motifs is 1. The Kier molecular flexibility index (Phi) is 4.31. The summed E-state index contributed by atoms with van der Waals surface area (Å²) in [6.45, 7) is 0. The zero-order valence-electron chi connectivity index (χ0n) is 17.1. The van der Waals surface area contributed by atoms with Crippen LogP contribution in [0.4, 0.5) is 0 Å². The zero-order valence-corrected chi connectivity index (χ0v) is 17.1. The van der Waals surface area contributed by atoms with Crippen molar-refractivity contribution in [3.63, 3.8) is 0 Å². The van der Waals surface area contributed by atoms with Gasteiger partial charge in [-0.15, -0.1) is 0 Å². The lowest BCUT2D eigenvalue weighted by molar-refractivity contribution is 0.0950. The molecule has 6 rings (SSSR count). The number of aromatic amines is 2. The van der Waals surface area contributed by atoms with E-state index in [-0.39, 0.29) is 11.9 Å². The minimum Gasteiger partial charge on any atom is -0.349 e. The molecule has 156 valence electrons. The molecule has 1 fully saturated rings. The molecule has 5 aromatic rings. The Morgan fingerprint density at radius 1 is 0.938 bits per heavy atom. The fraction of sp³-hybridized carbons (Fsp3) is 0.120. The third-order valence-corrected chi connectivity index (χ3v) is 5.98. The number of nitrogens with zero attached hydrogens (tertiary/aromatic N) is 3. The number of nitrogens with one attached hydrogen (secondary N) is 3. The molecule has 0 saturated heterocycles. The van der Waals surface area contributed by atoms with E-state index in [1.165, 1.54) is 11.9 Å². The van der Waals surface area contributed by atoms with Gasteiger partial charge in [-0.3, -0.25) is 15.0 Å². The second kappa shape index (κ2) is 7.46. The quantitative estimate of drug-likeness (QED) is 0.395. The third-order valence-electron chi connectivity index (χ3n) is 5.98. The number of aromatic nitrogens is 5. The normalized spacial score (nSPS) is 17.4. The summed E-state index contributed by atoms with van der Waals surface area (Å²) < 4.78 is 0. The van der Waals surface area contributed by atoms with Gasteiger partial charge < -0.3 is 5.32 Å². The molecule has 0 aliphatic heterocycles. The Balaban J connectivity index is 1.26. The summed E-state index contributed by atoms with van der Waals surface area (Å²) in [4.78, 5) is 17.1. The van der Waals surface area contributed by atoms with Gasteiger partial charge >= 0.3 is 0 Å². The van der Waals surface area contributed by atoms with Crippen LogP contribution in [-0.4, -0.2) is 37.3 Å². The van der Waals surface area contributed by atoms with Crippen molar-refractivity contribution in [1.82, 2.24) is 30.7 Å². The van der Waals surface area contributed by atoms with Crippen LogP contribution in [0.25, 0.3) is 33.5 Å². The van der Waals surface area contributed by atoms with Crippen LogP contribution in [-0.2, 0) is 0 Å². The topological polar surface area (TPSA) is 99.3 Å². The molecule has 1 saturated carbocycles. The van der Waals surface area contributed by atoms with Crippen LogP contribution >= 0.6 is 0 Å². The smallest absolute Gasteiger partial charge is 0.251 e. The zero-order chi connectivity index (χ0) is 21.5. The molecule has 3 N–H and O–H groups in total. The summed E-state index contributed by atoms with van der Waals surface area (Å²) in [7, 11) is 0. The standard InChI is InChI=1S/C25H20N6O/c32-25(28-22-13-19(22)15-5-2-1-3-6-15)18-8-4-7-16(11-18)23-20-12-17(24-26-14-27-31-24)9-10-21(20)29-30-23/h1-12,14,19,22H,13H2,(H,28,32)(H,29,30)(H,26,27,31)/t19-,22-/m1/s1. The summed E-state index contributed by atoms with van der Waals surface area (Å²) in [6, 6.07) is 24.1. The predicted octanol–water partition coefficient (Wildman–Crippen LogP) is 4.30. The maximum absolute atomic E-state index is 12.9. The van der Waals surface area contributed by atoms with E-state index in [2.05, 4.69) is 42.8 Å². The SMILES string of the molecule is O=C(N[C@@H]1C[C@@H]1c1ccccc1)c1cccc(-c2n[nH]c3ccc(-c4ncn[nH]4)cc23)c1. The first kappa shape index (κ1) is 18.5. The van der Waals surface area contributed by atoms with Gasteiger partial charge in [-0.1, -0.05) is 42.5 Å². The molecule has 7 heteroatoms. The Morgan fingerprint density at radius 3 is 2.69 bits per heavy atom. The third kappa shape index (κ3) is 3.33. The van der Waals surface area contributed by atoms with Crippen molar-refractivity contribution < 1.29 is 4.79 Å². The van der Waals surface area contributed by atoms with Crippen LogP contribution in [0.5, 0.6) is 0 Å². The Morgan fingerprint density at radius 2 is 1.84 bits per heavy atom. The Hall–Kier alpha value is -4.26. The van der Waals surface area contributed by atoms with Crippen molar-refractivity contribution in [2.45, 2.75) is 18.4 Å².